The van der Waals surface area contributed by atoms with Gasteiger partial charge in [-0.2, -0.15) is 0 Å². The molecule has 1 aliphatic heterocycles. The Morgan fingerprint density at radius 2 is 1.66 bits per heavy atom. The number of benzene rings is 2. The van der Waals surface area contributed by atoms with Crippen LogP contribution >= 0.6 is 0 Å². The molecule has 29 heavy (non-hydrogen) atoms. The van der Waals surface area contributed by atoms with Gasteiger partial charge in [0.05, 0.1) is 0 Å². The number of hydrogen-bond acceptors (Lipinski definition) is 4. The van der Waals surface area contributed by atoms with Gasteiger partial charge >= 0.3 is 12.1 Å². The number of rotatable bonds is 5. The summed E-state index contributed by atoms with van der Waals surface area (Å²) in [5.74, 6) is -0.0692. The molecule has 2 aromatic carbocycles. The Balaban J connectivity index is 1.54. The van der Waals surface area contributed by atoms with Gasteiger partial charge in [0.2, 0.25) is 0 Å². The summed E-state index contributed by atoms with van der Waals surface area (Å²) in [6, 6.07) is 15.9. The van der Waals surface area contributed by atoms with E-state index in [1.807, 2.05) is 45.0 Å². The van der Waals surface area contributed by atoms with Crippen LogP contribution in [0.5, 0.6) is 0 Å². The van der Waals surface area contributed by atoms with Crippen LogP contribution in [0.4, 0.5) is 4.79 Å². The molecule has 2 aromatic rings. The van der Waals surface area contributed by atoms with E-state index < -0.39 is 18.4 Å². The predicted octanol–water partition coefficient (Wildman–Crippen LogP) is 4.95. The maximum absolute atomic E-state index is 13.0. The van der Waals surface area contributed by atoms with Crippen molar-refractivity contribution in [3.8, 4) is 11.1 Å². The van der Waals surface area contributed by atoms with Crippen LogP contribution in [-0.4, -0.2) is 35.8 Å². The number of cyclic esters (lactones) is 1. The van der Waals surface area contributed by atoms with Crippen molar-refractivity contribution in [2.24, 2.45) is 5.92 Å². The van der Waals surface area contributed by atoms with Gasteiger partial charge in [-0.05, 0) is 34.6 Å². The molecule has 2 aliphatic rings. The number of esters is 1. The third kappa shape index (κ3) is 3.50. The van der Waals surface area contributed by atoms with Crippen LogP contribution in [0.25, 0.3) is 11.1 Å². The second-order valence-electron chi connectivity index (χ2n) is 8.16. The monoisotopic (exact) mass is 393 g/mol. The van der Waals surface area contributed by atoms with Gasteiger partial charge in [-0.25, -0.2) is 9.59 Å². The second kappa shape index (κ2) is 7.90. The van der Waals surface area contributed by atoms with Crippen molar-refractivity contribution in [3.05, 3.63) is 59.7 Å². The van der Waals surface area contributed by atoms with Crippen LogP contribution in [0.1, 0.15) is 50.7 Å². The first-order chi connectivity index (χ1) is 14.0. The van der Waals surface area contributed by atoms with Crippen molar-refractivity contribution in [1.29, 1.82) is 0 Å². The topological polar surface area (TPSA) is 55.8 Å². The van der Waals surface area contributed by atoms with Crippen LogP contribution in [0.15, 0.2) is 48.5 Å². The van der Waals surface area contributed by atoms with E-state index in [-0.39, 0.29) is 24.4 Å². The molecule has 0 spiro atoms. The minimum atomic E-state index is -0.574. The number of ether oxygens (including phenoxy) is 2. The zero-order chi connectivity index (χ0) is 20.5. The van der Waals surface area contributed by atoms with Crippen molar-refractivity contribution >= 4 is 12.1 Å². The first kappa shape index (κ1) is 19.5. The Morgan fingerprint density at radius 1 is 1.07 bits per heavy atom. The summed E-state index contributed by atoms with van der Waals surface area (Å²) >= 11 is 0. The minimum Gasteiger partial charge on any atom is -0.448 e. The van der Waals surface area contributed by atoms with Crippen molar-refractivity contribution in [1.82, 2.24) is 4.90 Å². The molecule has 0 radical (unpaired) electrons. The zero-order valence-electron chi connectivity index (χ0n) is 17.1. The maximum Gasteiger partial charge on any atom is 0.413 e. The van der Waals surface area contributed by atoms with E-state index in [2.05, 4.69) is 24.3 Å². The van der Waals surface area contributed by atoms with E-state index >= 15 is 0 Å². The van der Waals surface area contributed by atoms with Gasteiger partial charge in [0.25, 0.3) is 0 Å². The van der Waals surface area contributed by atoms with Gasteiger partial charge in [0.15, 0.2) is 6.23 Å². The average molecular weight is 393 g/mol. The molecule has 0 N–H and O–H groups in total. The van der Waals surface area contributed by atoms with Crippen molar-refractivity contribution in [2.45, 2.75) is 51.8 Å². The summed E-state index contributed by atoms with van der Waals surface area (Å²) in [5.41, 5.74) is 4.71. The fraction of sp³-hybridized carbons (Fsp3) is 0.417. The predicted molar refractivity (Wildman–Crippen MR) is 110 cm³/mol. The van der Waals surface area contributed by atoms with Crippen LogP contribution in [0.3, 0.4) is 0 Å². The van der Waals surface area contributed by atoms with Gasteiger partial charge in [-0.1, -0.05) is 69.3 Å². The summed E-state index contributed by atoms with van der Waals surface area (Å²) in [4.78, 5) is 26.8. The molecule has 152 valence electrons. The maximum atomic E-state index is 13.0. The lowest BCUT2D eigenvalue weighted by Crippen LogP contribution is -2.43. The molecule has 1 saturated heterocycles. The molecular weight excluding hydrogens is 366 g/mol. The molecule has 2 atom stereocenters. The summed E-state index contributed by atoms with van der Waals surface area (Å²) in [5, 5.41) is 0. The van der Waals surface area contributed by atoms with Gasteiger partial charge in [-0.3, -0.25) is 4.90 Å². The molecule has 0 aromatic heterocycles. The smallest absolute Gasteiger partial charge is 0.413 e. The highest BCUT2D eigenvalue weighted by atomic mass is 16.6. The highest BCUT2D eigenvalue weighted by molar-refractivity contribution is 5.84. The number of fused-ring (bicyclic) bond motifs is 3. The van der Waals surface area contributed by atoms with E-state index in [0.29, 0.717) is 12.8 Å². The lowest BCUT2D eigenvalue weighted by atomic mass is 9.98. The average Bonchev–Trinajstić information content (AvgIpc) is 3.21. The Bertz CT molecular complexity index is 877. The Kier molecular flexibility index (Phi) is 5.31. The van der Waals surface area contributed by atoms with Gasteiger partial charge < -0.3 is 9.47 Å². The first-order valence-electron chi connectivity index (χ1n) is 10.3. The number of carbonyl (C=O) groups is 2. The quantitative estimate of drug-likeness (QED) is 0.675. The highest BCUT2D eigenvalue weighted by Crippen LogP contribution is 2.44. The second-order valence-corrected chi connectivity index (χ2v) is 8.16. The zero-order valence-corrected chi connectivity index (χ0v) is 17.1. The molecule has 5 heteroatoms. The number of hydrogen-bond donors (Lipinski definition) is 0. The molecule has 4 rings (SSSR count). The number of nitrogens with zero attached hydrogens (tertiary/aromatic N) is 1. The molecule has 0 saturated carbocycles. The SMILES string of the molecule is CCC1OC(=O)[C@H](CC(C)C)N1C(=O)OCC1c2ccccc2-c2ccccc21. The highest BCUT2D eigenvalue weighted by Gasteiger charge is 2.45. The molecule has 0 bridgehead atoms. The number of amides is 1. The van der Waals surface area contributed by atoms with E-state index in [4.69, 9.17) is 9.47 Å². The largest absolute Gasteiger partial charge is 0.448 e. The van der Waals surface area contributed by atoms with Crippen molar-refractivity contribution in [2.75, 3.05) is 6.61 Å². The Hall–Kier alpha value is -2.82. The summed E-state index contributed by atoms with van der Waals surface area (Å²) < 4.78 is 11.2. The summed E-state index contributed by atoms with van der Waals surface area (Å²) in [7, 11) is 0. The lowest BCUT2D eigenvalue weighted by Gasteiger charge is -2.26. The van der Waals surface area contributed by atoms with Gasteiger partial charge in [0.1, 0.15) is 12.6 Å². The number of carbonyl (C=O) groups excluding carboxylic acids is 2. The molecular formula is C24H27NO4. The van der Waals surface area contributed by atoms with Gasteiger partial charge in [-0.15, -0.1) is 0 Å². The third-order valence-electron chi connectivity index (χ3n) is 5.76. The fourth-order valence-electron chi connectivity index (χ4n) is 4.43. The van der Waals surface area contributed by atoms with E-state index in [9.17, 15) is 9.59 Å². The van der Waals surface area contributed by atoms with E-state index in [0.717, 1.165) is 0 Å². The first-order valence-corrected chi connectivity index (χ1v) is 10.3. The standard InChI is InChI=1S/C24H27NO4/c1-4-22-25(21(13-15(2)3)23(26)29-22)24(27)28-14-20-18-11-7-5-9-16(18)17-10-6-8-12-19(17)20/h5-12,15,20-22H,4,13-14H2,1-3H3/t21-,22?/m0/s1. The molecule has 1 amide bonds. The van der Waals surface area contributed by atoms with E-state index in [1.165, 1.54) is 27.2 Å². The van der Waals surface area contributed by atoms with Crippen LogP contribution in [0, 0.1) is 5.92 Å². The van der Waals surface area contributed by atoms with Crippen LogP contribution in [0.2, 0.25) is 0 Å². The minimum absolute atomic E-state index is 0.00537. The fourth-order valence-corrected chi connectivity index (χ4v) is 4.43. The summed E-state index contributed by atoms with van der Waals surface area (Å²) in [6.07, 6.45) is 0.0847. The van der Waals surface area contributed by atoms with Crippen LogP contribution < -0.4 is 0 Å². The Morgan fingerprint density at radius 3 is 2.21 bits per heavy atom. The van der Waals surface area contributed by atoms with Crippen molar-refractivity contribution < 1.29 is 19.1 Å². The lowest BCUT2D eigenvalue weighted by molar-refractivity contribution is -0.142. The Labute approximate surface area is 171 Å². The molecule has 5 nitrogen and oxygen atoms in total. The normalized spacial score (nSPS) is 20.6. The molecule has 1 unspecified atom stereocenters. The molecule has 1 heterocycles. The van der Waals surface area contributed by atoms with E-state index in [1.54, 1.807) is 0 Å². The third-order valence-corrected chi connectivity index (χ3v) is 5.76. The molecule has 1 aliphatic carbocycles. The van der Waals surface area contributed by atoms with Crippen LogP contribution in [-0.2, 0) is 14.3 Å². The molecule has 1 fully saturated rings. The summed E-state index contributed by atoms with van der Waals surface area (Å²) in [6.45, 7) is 6.20. The van der Waals surface area contributed by atoms with Crippen molar-refractivity contribution in [3.63, 3.8) is 0 Å². The van der Waals surface area contributed by atoms with Gasteiger partial charge in [0, 0.05) is 12.3 Å².